The fourth-order valence-electron chi connectivity index (χ4n) is 2.50. The standard InChI is InChI=1S/C14H20ClNO3S/c1-11-10-20(18,19)9-8-16(11)7-6-14(17)12-2-4-13(15)5-3-12/h2-5,11,14,17H,6-10H2,1H3. The van der Waals surface area contributed by atoms with Gasteiger partial charge in [-0.1, -0.05) is 23.7 Å². The predicted octanol–water partition coefficient (Wildman–Crippen LogP) is 1.88. The van der Waals surface area contributed by atoms with E-state index in [1.165, 1.54) is 0 Å². The molecule has 4 nitrogen and oxygen atoms in total. The van der Waals surface area contributed by atoms with Gasteiger partial charge in [0, 0.05) is 24.2 Å². The van der Waals surface area contributed by atoms with Crippen molar-refractivity contribution >= 4 is 21.4 Å². The van der Waals surface area contributed by atoms with Crippen LogP contribution in [0.1, 0.15) is 25.0 Å². The van der Waals surface area contributed by atoms with Gasteiger partial charge in [-0.2, -0.15) is 0 Å². The van der Waals surface area contributed by atoms with Crippen LogP contribution in [0.4, 0.5) is 0 Å². The third kappa shape index (κ3) is 4.19. The summed E-state index contributed by atoms with van der Waals surface area (Å²) in [7, 11) is -2.88. The molecule has 1 aromatic rings. The number of hydrogen-bond acceptors (Lipinski definition) is 4. The highest BCUT2D eigenvalue weighted by Gasteiger charge is 2.28. The molecule has 1 aromatic carbocycles. The first-order chi connectivity index (χ1) is 9.37. The summed E-state index contributed by atoms with van der Waals surface area (Å²) in [6, 6.07) is 7.17. The smallest absolute Gasteiger partial charge is 0.153 e. The maximum absolute atomic E-state index is 11.5. The molecule has 1 fully saturated rings. The van der Waals surface area contributed by atoms with Gasteiger partial charge in [-0.05, 0) is 31.0 Å². The average molecular weight is 318 g/mol. The first-order valence-corrected chi connectivity index (χ1v) is 8.95. The SMILES string of the molecule is CC1CS(=O)(=O)CCN1CCC(O)c1ccc(Cl)cc1. The number of benzene rings is 1. The third-order valence-electron chi connectivity index (χ3n) is 3.75. The average Bonchev–Trinajstić information content (AvgIpc) is 2.37. The molecule has 112 valence electrons. The van der Waals surface area contributed by atoms with Crippen molar-refractivity contribution in [3.63, 3.8) is 0 Å². The van der Waals surface area contributed by atoms with Crippen molar-refractivity contribution in [3.05, 3.63) is 34.9 Å². The van der Waals surface area contributed by atoms with Crippen LogP contribution in [0.15, 0.2) is 24.3 Å². The first-order valence-electron chi connectivity index (χ1n) is 6.75. The summed E-state index contributed by atoms with van der Waals surface area (Å²) in [5, 5.41) is 10.8. The van der Waals surface area contributed by atoms with Crippen molar-refractivity contribution in [3.8, 4) is 0 Å². The fraction of sp³-hybridized carbons (Fsp3) is 0.571. The minimum Gasteiger partial charge on any atom is -0.388 e. The number of aliphatic hydroxyl groups is 1. The molecular weight excluding hydrogens is 298 g/mol. The monoisotopic (exact) mass is 317 g/mol. The van der Waals surface area contributed by atoms with Gasteiger partial charge in [-0.15, -0.1) is 0 Å². The van der Waals surface area contributed by atoms with E-state index in [1.54, 1.807) is 12.1 Å². The van der Waals surface area contributed by atoms with E-state index in [0.29, 0.717) is 24.5 Å². The Hall–Kier alpha value is -0.620. The molecule has 2 atom stereocenters. The summed E-state index contributed by atoms with van der Waals surface area (Å²) < 4.78 is 23.0. The number of sulfone groups is 1. The van der Waals surface area contributed by atoms with Gasteiger partial charge < -0.3 is 5.11 Å². The summed E-state index contributed by atoms with van der Waals surface area (Å²) >= 11 is 5.81. The number of hydrogen-bond donors (Lipinski definition) is 1. The van der Waals surface area contributed by atoms with Crippen LogP contribution in [0.2, 0.25) is 5.02 Å². The van der Waals surface area contributed by atoms with Crippen molar-refractivity contribution in [2.24, 2.45) is 0 Å². The quantitative estimate of drug-likeness (QED) is 0.921. The maximum atomic E-state index is 11.5. The molecule has 1 N–H and O–H groups in total. The minimum absolute atomic E-state index is 0.0196. The van der Waals surface area contributed by atoms with Crippen molar-refractivity contribution in [1.29, 1.82) is 0 Å². The predicted molar refractivity (Wildman–Crippen MR) is 80.7 cm³/mol. The van der Waals surface area contributed by atoms with Gasteiger partial charge in [-0.25, -0.2) is 8.42 Å². The van der Waals surface area contributed by atoms with Crippen molar-refractivity contribution < 1.29 is 13.5 Å². The van der Waals surface area contributed by atoms with E-state index in [1.807, 2.05) is 19.1 Å². The molecule has 0 aromatic heterocycles. The molecule has 0 saturated carbocycles. The summed E-state index contributed by atoms with van der Waals surface area (Å²) in [6.45, 7) is 3.17. The van der Waals surface area contributed by atoms with Gasteiger partial charge in [0.15, 0.2) is 9.84 Å². The third-order valence-corrected chi connectivity index (χ3v) is 5.80. The molecule has 20 heavy (non-hydrogen) atoms. The zero-order valence-electron chi connectivity index (χ0n) is 11.5. The van der Waals surface area contributed by atoms with Crippen molar-refractivity contribution in [1.82, 2.24) is 4.90 Å². The molecular formula is C14H20ClNO3S. The Morgan fingerprint density at radius 1 is 1.40 bits per heavy atom. The number of nitrogens with zero attached hydrogens (tertiary/aromatic N) is 1. The second-order valence-corrected chi connectivity index (χ2v) is 8.02. The van der Waals surface area contributed by atoms with Crippen LogP contribution in [0.25, 0.3) is 0 Å². The summed E-state index contributed by atoms with van der Waals surface area (Å²) in [4.78, 5) is 2.13. The zero-order valence-corrected chi connectivity index (χ0v) is 13.1. The first kappa shape index (κ1) is 15.8. The van der Waals surface area contributed by atoms with Gasteiger partial charge in [0.25, 0.3) is 0 Å². The van der Waals surface area contributed by atoms with E-state index in [-0.39, 0.29) is 17.5 Å². The minimum atomic E-state index is -2.88. The van der Waals surface area contributed by atoms with Crippen LogP contribution in [-0.2, 0) is 9.84 Å². The Morgan fingerprint density at radius 3 is 2.65 bits per heavy atom. The van der Waals surface area contributed by atoms with Crippen LogP contribution in [0, 0.1) is 0 Å². The Morgan fingerprint density at radius 2 is 2.05 bits per heavy atom. The largest absolute Gasteiger partial charge is 0.388 e. The van der Waals surface area contributed by atoms with Crippen LogP contribution in [-0.4, -0.2) is 49.1 Å². The summed E-state index contributed by atoms with van der Waals surface area (Å²) in [5.41, 5.74) is 0.840. The van der Waals surface area contributed by atoms with Gasteiger partial charge in [0.2, 0.25) is 0 Å². The Kier molecular flexibility index (Phi) is 5.07. The van der Waals surface area contributed by atoms with E-state index < -0.39 is 15.9 Å². The van der Waals surface area contributed by atoms with Gasteiger partial charge in [0.1, 0.15) is 0 Å². The second kappa shape index (κ2) is 6.43. The lowest BCUT2D eigenvalue weighted by molar-refractivity contribution is 0.132. The van der Waals surface area contributed by atoms with E-state index in [4.69, 9.17) is 11.6 Å². The van der Waals surface area contributed by atoms with Crippen molar-refractivity contribution in [2.75, 3.05) is 24.6 Å². The summed E-state index contributed by atoms with van der Waals surface area (Å²) in [6.07, 6.45) is 0.0458. The fourth-order valence-corrected chi connectivity index (χ4v) is 4.26. The molecule has 0 bridgehead atoms. The van der Waals surface area contributed by atoms with Crippen molar-refractivity contribution in [2.45, 2.75) is 25.5 Å². The molecule has 0 aliphatic carbocycles. The van der Waals surface area contributed by atoms with E-state index in [0.717, 1.165) is 5.56 Å². The van der Waals surface area contributed by atoms with E-state index in [2.05, 4.69) is 4.90 Å². The molecule has 2 rings (SSSR count). The number of halogens is 1. The van der Waals surface area contributed by atoms with E-state index in [9.17, 15) is 13.5 Å². The lowest BCUT2D eigenvalue weighted by Gasteiger charge is -2.33. The molecule has 0 spiro atoms. The Labute approximate surface area is 125 Å². The highest BCUT2D eigenvalue weighted by molar-refractivity contribution is 7.91. The second-order valence-electron chi connectivity index (χ2n) is 5.36. The maximum Gasteiger partial charge on any atom is 0.153 e. The Balaban J connectivity index is 1.87. The number of rotatable bonds is 4. The molecule has 2 unspecified atom stereocenters. The van der Waals surface area contributed by atoms with E-state index >= 15 is 0 Å². The van der Waals surface area contributed by atoms with Gasteiger partial charge in [0.05, 0.1) is 17.6 Å². The lowest BCUT2D eigenvalue weighted by atomic mass is 10.1. The Bertz CT molecular complexity index is 544. The normalized spacial score (nSPS) is 24.4. The van der Waals surface area contributed by atoms with Crippen LogP contribution in [0.3, 0.4) is 0 Å². The summed E-state index contributed by atoms with van der Waals surface area (Å²) in [5.74, 6) is 0.429. The molecule has 1 heterocycles. The van der Waals surface area contributed by atoms with Crippen LogP contribution in [0.5, 0.6) is 0 Å². The van der Waals surface area contributed by atoms with Crippen LogP contribution >= 0.6 is 11.6 Å². The lowest BCUT2D eigenvalue weighted by Crippen LogP contribution is -2.47. The topological polar surface area (TPSA) is 57.6 Å². The highest BCUT2D eigenvalue weighted by atomic mass is 35.5. The molecule has 1 saturated heterocycles. The highest BCUT2D eigenvalue weighted by Crippen LogP contribution is 2.21. The zero-order chi connectivity index (χ0) is 14.8. The van der Waals surface area contributed by atoms with Gasteiger partial charge >= 0.3 is 0 Å². The molecule has 0 radical (unpaired) electrons. The number of aliphatic hydroxyl groups excluding tert-OH is 1. The van der Waals surface area contributed by atoms with Crippen LogP contribution < -0.4 is 0 Å². The molecule has 0 amide bonds. The molecule has 1 aliphatic rings. The van der Waals surface area contributed by atoms with Gasteiger partial charge in [-0.3, -0.25) is 4.90 Å². The molecule has 6 heteroatoms. The molecule has 1 aliphatic heterocycles.